The highest BCUT2D eigenvalue weighted by Crippen LogP contribution is 2.22. The molecule has 0 bridgehead atoms. The van der Waals surface area contributed by atoms with Crippen LogP contribution in [0.4, 0.5) is 5.69 Å². The van der Waals surface area contributed by atoms with E-state index in [1.165, 1.54) is 0 Å². The summed E-state index contributed by atoms with van der Waals surface area (Å²) in [5.74, 6) is 0.0239. The summed E-state index contributed by atoms with van der Waals surface area (Å²) in [5.41, 5.74) is 3.19. The predicted molar refractivity (Wildman–Crippen MR) is 99.8 cm³/mol. The molecule has 0 saturated carbocycles. The molecule has 2 aromatic heterocycles. The monoisotopic (exact) mass is 364 g/mol. The molecule has 138 valence electrons. The highest BCUT2D eigenvalue weighted by Gasteiger charge is 2.25. The number of nitrogens with one attached hydrogen (secondary N) is 1. The third-order valence-electron chi connectivity index (χ3n) is 4.92. The largest absolute Gasteiger partial charge is 0.343 e. The van der Waals surface area contributed by atoms with Gasteiger partial charge in [-0.15, -0.1) is 10.2 Å². The number of piperidine rings is 1. The van der Waals surface area contributed by atoms with Gasteiger partial charge in [0.2, 0.25) is 11.8 Å². The van der Waals surface area contributed by atoms with Crippen LogP contribution < -0.4 is 5.32 Å². The second-order valence-electron chi connectivity index (χ2n) is 6.70. The number of aromatic nitrogens is 4. The zero-order valence-electron chi connectivity index (χ0n) is 15.0. The minimum Gasteiger partial charge on any atom is -0.343 e. The van der Waals surface area contributed by atoms with E-state index in [1.54, 1.807) is 22.7 Å². The average Bonchev–Trinajstić information content (AvgIpc) is 3.16. The number of amides is 2. The van der Waals surface area contributed by atoms with E-state index in [0.717, 1.165) is 16.9 Å². The molecule has 1 aliphatic rings. The average molecular weight is 364 g/mol. The Labute approximate surface area is 156 Å². The highest BCUT2D eigenvalue weighted by atomic mass is 16.2. The lowest BCUT2D eigenvalue weighted by Gasteiger charge is -2.30. The summed E-state index contributed by atoms with van der Waals surface area (Å²) in [4.78, 5) is 25.6. The van der Waals surface area contributed by atoms with Crippen LogP contribution in [0.5, 0.6) is 0 Å². The molecule has 2 amide bonds. The molecule has 1 aromatic carbocycles. The van der Waals surface area contributed by atoms with Crippen LogP contribution in [0.15, 0.2) is 42.7 Å². The van der Waals surface area contributed by atoms with Gasteiger partial charge in [0.25, 0.3) is 0 Å². The fourth-order valence-electron chi connectivity index (χ4n) is 3.31. The molecule has 0 spiro atoms. The van der Waals surface area contributed by atoms with Crippen molar-refractivity contribution in [1.29, 1.82) is 0 Å². The molecule has 1 aliphatic heterocycles. The van der Waals surface area contributed by atoms with Gasteiger partial charge in [0.15, 0.2) is 5.65 Å². The van der Waals surface area contributed by atoms with Crippen molar-refractivity contribution >= 4 is 23.1 Å². The maximum atomic E-state index is 12.5. The van der Waals surface area contributed by atoms with Crippen molar-refractivity contribution in [2.45, 2.75) is 19.8 Å². The molecular formula is C19H20N6O2. The molecule has 27 heavy (non-hydrogen) atoms. The molecule has 0 atom stereocenters. The van der Waals surface area contributed by atoms with Crippen LogP contribution in [0.2, 0.25) is 0 Å². The number of rotatable bonds is 3. The fraction of sp³-hybridized carbons (Fsp3) is 0.316. The van der Waals surface area contributed by atoms with Crippen LogP contribution in [0.1, 0.15) is 19.8 Å². The first kappa shape index (κ1) is 17.1. The minimum absolute atomic E-state index is 0.00925. The fourth-order valence-corrected chi connectivity index (χ4v) is 3.31. The summed E-state index contributed by atoms with van der Waals surface area (Å²) in [6.07, 6.45) is 2.96. The van der Waals surface area contributed by atoms with E-state index >= 15 is 0 Å². The van der Waals surface area contributed by atoms with Crippen molar-refractivity contribution in [1.82, 2.24) is 24.7 Å². The Balaban J connectivity index is 1.40. The SMILES string of the molecule is CC(=O)N1CCC(C(=O)Nc2ccc(-c3ccc4nncn4n3)cc2)CC1. The Morgan fingerprint density at radius 3 is 2.52 bits per heavy atom. The number of hydrogen-bond acceptors (Lipinski definition) is 5. The number of fused-ring (bicyclic) bond motifs is 1. The number of nitrogens with zero attached hydrogens (tertiary/aromatic N) is 5. The third-order valence-corrected chi connectivity index (χ3v) is 4.92. The molecule has 4 rings (SSSR count). The van der Waals surface area contributed by atoms with Gasteiger partial charge in [-0.1, -0.05) is 12.1 Å². The Bertz CT molecular complexity index is 973. The zero-order chi connectivity index (χ0) is 18.8. The first-order valence-electron chi connectivity index (χ1n) is 8.94. The summed E-state index contributed by atoms with van der Waals surface area (Å²) in [6.45, 7) is 2.85. The number of benzene rings is 1. The predicted octanol–water partition coefficient (Wildman–Crippen LogP) is 1.99. The Hall–Kier alpha value is -3.29. The van der Waals surface area contributed by atoms with Gasteiger partial charge in [0.05, 0.1) is 5.69 Å². The van der Waals surface area contributed by atoms with Crippen molar-refractivity contribution in [3.8, 4) is 11.3 Å². The maximum absolute atomic E-state index is 12.5. The number of likely N-dealkylation sites (tertiary alicyclic amines) is 1. The number of anilines is 1. The highest BCUT2D eigenvalue weighted by molar-refractivity contribution is 5.93. The first-order valence-corrected chi connectivity index (χ1v) is 8.94. The summed E-state index contributed by atoms with van der Waals surface area (Å²) < 4.78 is 1.62. The van der Waals surface area contributed by atoms with Crippen LogP contribution in [0, 0.1) is 5.92 Å². The number of carbonyl (C=O) groups is 2. The molecule has 1 fully saturated rings. The Kier molecular flexibility index (Phi) is 4.53. The molecule has 3 heterocycles. The second-order valence-corrected chi connectivity index (χ2v) is 6.70. The van der Waals surface area contributed by atoms with E-state index in [0.29, 0.717) is 31.6 Å². The molecule has 0 radical (unpaired) electrons. The summed E-state index contributed by atoms with van der Waals surface area (Å²) in [7, 11) is 0. The summed E-state index contributed by atoms with van der Waals surface area (Å²) >= 11 is 0. The van der Waals surface area contributed by atoms with Crippen molar-refractivity contribution in [2.24, 2.45) is 5.92 Å². The van der Waals surface area contributed by atoms with Gasteiger partial charge in [-0.25, -0.2) is 0 Å². The lowest BCUT2D eigenvalue weighted by molar-refractivity contribution is -0.132. The molecule has 1 saturated heterocycles. The van der Waals surface area contributed by atoms with Gasteiger partial charge >= 0.3 is 0 Å². The molecule has 0 aliphatic carbocycles. The standard InChI is InChI=1S/C19H20N6O2/c1-13(26)24-10-8-15(9-11-24)19(27)21-16-4-2-14(3-5-16)17-6-7-18-22-20-12-25(18)23-17/h2-7,12,15H,8-11H2,1H3,(H,21,27). The van der Waals surface area contributed by atoms with Crippen LogP contribution in [-0.4, -0.2) is 49.6 Å². The van der Waals surface area contributed by atoms with Crippen molar-refractivity contribution in [3.05, 3.63) is 42.7 Å². The van der Waals surface area contributed by atoms with Crippen molar-refractivity contribution < 1.29 is 9.59 Å². The Morgan fingerprint density at radius 2 is 1.81 bits per heavy atom. The van der Waals surface area contributed by atoms with Crippen molar-refractivity contribution in [2.75, 3.05) is 18.4 Å². The number of carbonyl (C=O) groups excluding carboxylic acids is 2. The molecule has 3 aromatic rings. The zero-order valence-corrected chi connectivity index (χ0v) is 15.0. The lowest BCUT2D eigenvalue weighted by atomic mass is 9.95. The van der Waals surface area contributed by atoms with E-state index in [9.17, 15) is 9.59 Å². The van der Waals surface area contributed by atoms with E-state index in [-0.39, 0.29) is 17.7 Å². The van der Waals surface area contributed by atoms with Gasteiger partial charge in [0, 0.05) is 37.2 Å². The summed E-state index contributed by atoms with van der Waals surface area (Å²) in [5, 5.41) is 15.2. The van der Waals surface area contributed by atoms with Gasteiger partial charge < -0.3 is 10.2 Å². The van der Waals surface area contributed by atoms with E-state index in [4.69, 9.17) is 0 Å². The minimum atomic E-state index is -0.0573. The van der Waals surface area contributed by atoms with E-state index in [1.807, 2.05) is 36.4 Å². The van der Waals surface area contributed by atoms with Crippen LogP contribution >= 0.6 is 0 Å². The van der Waals surface area contributed by atoms with E-state index < -0.39 is 0 Å². The molecule has 8 nitrogen and oxygen atoms in total. The van der Waals surface area contributed by atoms with Gasteiger partial charge in [-0.2, -0.15) is 9.61 Å². The lowest BCUT2D eigenvalue weighted by Crippen LogP contribution is -2.40. The number of hydrogen-bond donors (Lipinski definition) is 1. The van der Waals surface area contributed by atoms with Crippen LogP contribution in [0.25, 0.3) is 16.9 Å². The molecule has 8 heteroatoms. The third kappa shape index (κ3) is 3.64. The van der Waals surface area contributed by atoms with Gasteiger partial charge in [-0.05, 0) is 37.1 Å². The molecule has 1 N–H and O–H groups in total. The maximum Gasteiger partial charge on any atom is 0.227 e. The van der Waals surface area contributed by atoms with Crippen LogP contribution in [-0.2, 0) is 9.59 Å². The van der Waals surface area contributed by atoms with E-state index in [2.05, 4.69) is 20.6 Å². The smallest absolute Gasteiger partial charge is 0.227 e. The summed E-state index contributed by atoms with van der Waals surface area (Å²) in [6, 6.07) is 11.3. The van der Waals surface area contributed by atoms with Crippen LogP contribution in [0.3, 0.4) is 0 Å². The Morgan fingerprint density at radius 1 is 1.07 bits per heavy atom. The molecule has 0 unspecified atom stereocenters. The van der Waals surface area contributed by atoms with Gasteiger partial charge in [-0.3, -0.25) is 9.59 Å². The van der Waals surface area contributed by atoms with Crippen molar-refractivity contribution in [3.63, 3.8) is 0 Å². The quantitative estimate of drug-likeness (QED) is 0.767. The van der Waals surface area contributed by atoms with Gasteiger partial charge in [0.1, 0.15) is 6.33 Å². The normalized spacial score (nSPS) is 15.1. The second kappa shape index (κ2) is 7.14. The topological polar surface area (TPSA) is 92.5 Å². The first-order chi connectivity index (χ1) is 13.1. The molecular weight excluding hydrogens is 344 g/mol.